The molecule has 0 radical (unpaired) electrons. The Kier molecular flexibility index (Phi) is 3.98. The second kappa shape index (κ2) is 5.90. The maximum atomic E-state index is 6.63. The Morgan fingerprint density at radius 2 is 1.71 bits per heavy atom. The Bertz CT molecular complexity index is 733. The third-order valence-corrected chi connectivity index (χ3v) is 4.65. The molecule has 2 aromatic carbocycles. The molecule has 2 unspecified atom stereocenters. The summed E-state index contributed by atoms with van der Waals surface area (Å²) in [6.45, 7) is 2.19. The minimum atomic E-state index is 0.00645. The molecule has 0 aliphatic carbocycles. The molecule has 0 saturated heterocycles. The van der Waals surface area contributed by atoms with Crippen LogP contribution in [0.4, 0.5) is 0 Å². The summed E-state index contributed by atoms with van der Waals surface area (Å²) in [6, 6.07) is 18.6. The van der Waals surface area contributed by atoms with Crippen LogP contribution in [0.25, 0.3) is 10.9 Å². The zero-order chi connectivity index (χ0) is 14.8. The summed E-state index contributed by atoms with van der Waals surface area (Å²) in [5.41, 5.74) is 3.47. The van der Waals surface area contributed by atoms with Crippen molar-refractivity contribution in [1.82, 2.24) is 9.78 Å². The Morgan fingerprint density at radius 3 is 2.48 bits per heavy atom. The third-order valence-electron chi connectivity index (χ3n) is 3.97. The van der Waals surface area contributed by atoms with Crippen LogP contribution in [0.5, 0.6) is 0 Å². The van der Waals surface area contributed by atoms with Crippen LogP contribution in [0.2, 0.25) is 0 Å². The van der Waals surface area contributed by atoms with E-state index in [1.807, 2.05) is 36.0 Å². The summed E-state index contributed by atoms with van der Waals surface area (Å²) in [4.78, 5) is 0. The Labute approximate surface area is 130 Å². The van der Waals surface area contributed by atoms with Gasteiger partial charge in [0.15, 0.2) is 0 Å². The van der Waals surface area contributed by atoms with Gasteiger partial charge in [0.2, 0.25) is 0 Å². The van der Waals surface area contributed by atoms with Gasteiger partial charge in [-0.2, -0.15) is 5.10 Å². The first-order valence-electron chi connectivity index (χ1n) is 7.26. The third kappa shape index (κ3) is 2.81. The van der Waals surface area contributed by atoms with E-state index in [4.69, 9.17) is 11.6 Å². The molecule has 2 atom stereocenters. The summed E-state index contributed by atoms with van der Waals surface area (Å²) < 4.78 is 1.95. The number of aromatic nitrogens is 2. The zero-order valence-corrected chi connectivity index (χ0v) is 13.1. The number of para-hydroxylation sites is 1. The summed E-state index contributed by atoms with van der Waals surface area (Å²) in [7, 11) is 1.99. The monoisotopic (exact) mass is 298 g/mol. The fourth-order valence-electron chi connectivity index (χ4n) is 2.81. The molecule has 2 nitrogen and oxygen atoms in total. The molecule has 1 heterocycles. The molecule has 0 aliphatic heterocycles. The Hall–Kier alpha value is -1.80. The number of halogens is 1. The average molecular weight is 299 g/mol. The van der Waals surface area contributed by atoms with E-state index >= 15 is 0 Å². The number of aryl methyl sites for hydroxylation is 1. The lowest BCUT2D eigenvalue weighted by Crippen LogP contribution is -2.08. The van der Waals surface area contributed by atoms with Gasteiger partial charge >= 0.3 is 0 Å². The SMILES string of the molecule is CC(Cc1nn(C)c2ccccc12)C(Cl)c1ccccc1. The van der Waals surface area contributed by atoms with Crippen molar-refractivity contribution in [2.45, 2.75) is 18.7 Å². The first-order chi connectivity index (χ1) is 10.2. The first kappa shape index (κ1) is 14.2. The van der Waals surface area contributed by atoms with Crippen molar-refractivity contribution >= 4 is 22.5 Å². The molecule has 3 rings (SSSR count). The van der Waals surface area contributed by atoms with E-state index in [9.17, 15) is 0 Å². The maximum Gasteiger partial charge on any atom is 0.0706 e. The second-order valence-electron chi connectivity index (χ2n) is 5.58. The van der Waals surface area contributed by atoms with Crippen LogP contribution in [0.15, 0.2) is 54.6 Å². The fourth-order valence-corrected chi connectivity index (χ4v) is 3.05. The van der Waals surface area contributed by atoms with E-state index in [0.29, 0.717) is 5.92 Å². The lowest BCUT2D eigenvalue weighted by atomic mass is 9.95. The van der Waals surface area contributed by atoms with Crippen molar-refractivity contribution in [2.75, 3.05) is 0 Å². The maximum absolute atomic E-state index is 6.63. The number of nitrogens with zero attached hydrogens (tertiary/aromatic N) is 2. The molecule has 108 valence electrons. The zero-order valence-electron chi connectivity index (χ0n) is 12.3. The van der Waals surface area contributed by atoms with Gasteiger partial charge in [-0.25, -0.2) is 0 Å². The smallest absolute Gasteiger partial charge is 0.0706 e. The normalized spacial score (nSPS) is 14.2. The molecule has 0 saturated carbocycles. The number of rotatable bonds is 4. The molecular formula is C18H19ClN2. The van der Waals surface area contributed by atoms with Gasteiger partial charge in [0, 0.05) is 12.4 Å². The van der Waals surface area contributed by atoms with Gasteiger partial charge < -0.3 is 0 Å². The van der Waals surface area contributed by atoms with Gasteiger partial charge in [0.25, 0.3) is 0 Å². The summed E-state index contributed by atoms with van der Waals surface area (Å²) >= 11 is 6.63. The minimum Gasteiger partial charge on any atom is -0.268 e. The van der Waals surface area contributed by atoms with E-state index in [1.165, 1.54) is 16.5 Å². The van der Waals surface area contributed by atoms with Crippen LogP contribution < -0.4 is 0 Å². The molecule has 0 spiro atoms. The van der Waals surface area contributed by atoms with Crippen molar-refractivity contribution in [1.29, 1.82) is 0 Å². The van der Waals surface area contributed by atoms with Crippen molar-refractivity contribution in [3.63, 3.8) is 0 Å². The number of alkyl halides is 1. The molecule has 3 heteroatoms. The number of fused-ring (bicyclic) bond motifs is 1. The average Bonchev–Trinajstić information content (AvgIpc) is 2.84. The lowest BCUT2D eigenvalue weighted by Gasteiger charge is -2.17. The van der Waals surface area contributed by atoms with Crippen molar-refractivity contribution in [3.8, 4) is 0 Å². The summed E-state index contributed by atoms with van der Waals surface area (Å²) in [5.74, 6) is 0.326. The van der Waals surface area contributed by atoms with Gasteiger partial charge in [-0.15, -0.1) is 11.6 Å². The summed E-state index contributed by atoms with van der Waals surface area (Å²) in [6.07, 6.45) is 0.879. The Morgan fingerprint density at radius 1 is 1.05 bits per heavy atom. The van der Waals surface area contributed by atoms with Crippen LogP contribution in [0.3, 0.4) is 0 Å². The molecule has 0 aliphatic rings. The van der Waals surface area contributed by atoms with E-state index < -0.39 is 0 Å². The van der Waals surface area contributed by atoms with Gasteiger partial charge in [0.1, 0.15) is 0 Å². The van der Waals surface area contributed by atoms with Gasteiger partial charge in [-0.05, 0) is 24.0 Å². The molecule has 0 bridgehead atoms. The van der Waals surface area contributed by atoms with E-state index in [-0.39, 0.29) is 5.38 Å². The highest BCUT2D eigenvalue weighted by atomic mass is 35.5. The number of hydrogen-bond acceptors (Lipinski definition) is 1. The number of hydrogen-bond donors (Lipinski definition) is 0. The first-order valence-corrected chi connectivity index (χ1v) is 7.70. The van der Waals surface area contributed by atoms with Crippen molar-refractivity contribution in [2.24, 2.45) is 13.0 Å². The Balaban J connectivity index is 1.85. The van der Waals surface area contributed by atoms with Gasteiger partial charge in [-0.3, -0.25) is 4.68 Å². The highest BCUT2D eigenvalue weighted by molar-refractivity contribution is 6.21. The van der Waals surface area contributed by atoms with Crippen molar-refractivity contribution in [3.05, 3.63) is 65.9 Å². The molecule has 0 N–H and O–H groups in total. The van der Waals surface area contributed by atoms with E-state index in [2.05, 4.69) is 42.4 Å². The van der Waals surface area contributed by atoms with Gasteiger partial charge in [0.05, 0.1) is 16.6 Å². The lowest BCUT2D eigenvalue weighted by molar-refractivity contribution is 0.547. The highest BCUT2D eigenvalue weighted by Gasteiger charge is 2.19. The molecular weight excluding hydrogens is 280 g/mol. The van der Waals surface area contributed by atoms with Crippen LogP contribution >= 0.6 is 11.6 Å². The van der Waals surface area contributed by atoms with Gasteiger partial charge in [-0.1, -0.05) is 55.5 Å². The van der Waals surface area contributed by atoms with E-state index in [1.54, 1.807) is 0 Å². The molecule has 3 aromatic rings. The quantitative estimate of drug-likeness (QED) is 0.637. The topological polar surface area (TPSA) is 17.8 Å². The summed E-state index contributed by atoms with van der Waals surface area (Å²) in [5, 5.41) is 5.90. The molecule has 21 heavy (non-hydrogen) atoms. The minimum absolute atomic E-state index is 0.00645. The molecule has 0 fully saturated rings. The van der Waals surface area contributed by atoms with Crippen LogP contribution in [-0.4, -0.2) is 9.78 Å². The molecule has 0 amide bonds. The highest BCUT2D eigenvalue weighted by Crippen LogP contribution is 2.32. The van der Waals surface area contributed by atoms with Crippen molar-refractivity contribution < 1.29 is 0 Å². The number of benzene rings is 2. The standard InChI is InChI=1S/C18H19ClN2/c1-13(18(19)14-8-4-3-5-9-14)12-16-15-10-6-7-11-17(15)21(2)20-16/h3-11,13,18H,12H2,1-2H3. The van der Waals surface area contributed by atoms with Crippen LogP contribution in [0, 0.1) is 5.92 Å². The predicted octanol–water partition coefficient (Wildman–Crippen LogP) is 4.73. The predicted molar refractivity (Wildman–Crippen MR) is 88.6 cm³/mol. The van der Waals surface area contributed by atoms with Crippen LogP contribution in [-0.2, 0) is 13.5 Å². The van der Waals surface area contributed by atoms with E-state index in [0.717, 1.165) is 12.1 Å². The second-order valence-corrected chi connectivity index (χ2v) is 6.05. The largest absolute Gasteiger partial charge is 0.268 e. The van der Waals surface area contributed by atoms with Crippen LogP contribution in [0.1, 0.15) is 23.6 Å². The fraction of sp³-hybridized carbons (Fsp3) is 0.278. The molecule has 1 aromatic heterocycles.